The molecule has 24 heavy (non-hydrogen) atoms. The van der Waals surface area contributed by atoms with Crippen molar-refractivity contribution in [2.75, 3.05) is 11.3 Å². The number of carbonyl (C=O) groups is 1. The first-order chi connectivity index (χ1) is 11.3. The Bertz CT molecular complexity index is 836. The number of nitrogens with one attached hydrogen (secondary N) is 1. The van der Waals surface area contributed by atoms with E-state index < -0.39 is 26.6 Å². The van der Waals surface area contributed by atoms with Crippen molar-refractivity contribution >= 4 is 21.7 Å². The summed E-state index contributed by atoms with van der Waals surface area (Å²) < 4.78 is 57.8. The minimum atomic E-state index is -4.19. The van der Waals surface area contributed by atoms with Gasteiger partial charge in [-0.3, -0.25) is 9.52 Å². The molecule has 0 saturated carbocycles. The number of benzene rings is 2. The quantitative estimate of drug-likeness (QED) is 0.809. The summed E-state index contributed by atoms with van der Waals surface area (Å²) in [5, 5.41) is 0. The van der Waals surface area contributed by atoms with Crippen molar-refractivity contribution in [1.29, 1.82) is 0 Å². The van der Waals surface area contributed by atoms with Gasteiger partial charge in [0.05, 0.1) is 13.0 Å². The molecule has 0 aliphatic rings. The summed E-state index contributed by atoms with van der Waals surface area (Å²) in [4.78, 5) is 10.7. The van der Waals surface area contributed by atoms with Gasteiger partial charge in [0.15, 0.2) is 0 Å². The number of halogens is 2. The number of sulfonamides is 1. The normalized spacial score (nSPS) is 11.1. The molecule has 0 spiro atoms. The van der Waals surface area contributed by atoms with Gasteiger partial charge in [0.2, 0.25) is 0 Å². The van der Waals surface area contributed by atoms with E-state index in [1.165, 1.54) is 12.1 Å². The van der Waals surface area contributed by atoms with Crippen molar-refractivity contribution in [2.45, 2.75) is 18.2 Å². The molecule has 0 fully saturated rings. The van der Waals surface area contributed by atoms with Crippen LogP contribution in [0.3, 0.4) is 0 Å². The van der Waals surface area contributed by atoms with Gasteiger partial charge in [-0.05, 0) is 36.8 Å². The molecule has 0 atom stereocenters. The number of anilines is 1. The van der Waals surface area contributed by atoms with Crippen LogP contribution in [0.25, 0.3) is 0 Å². The van der Waals surface area contributed by atoms with Gasteiger partial charge in [-0.1, -0.05) is 12.1 Å². The van der Waals surface area contributed by atoms with E-state index >= 15 is 0 Å². The van der Waals surface area contributed by atoms with Gasteiger partial charge in [-0.15, -0.1) is 0 Å². The van der Waals surface area contributed by atoms with Gasteiger partial charge in [-0.25, -0.2) is 17.2 Å². The first-order valence-electron chi connectivity index (χ1n) is 7.04. The molecule has 1 N–H and O–H groups in total. The predicted octanol–water partition coefficient (Wildman–Crippen LogP) is 2.87. The summed E-state index contributed by atoms with van der Waals surface area (Å²) >= 11 is 0. The second-order valence-electron chi connectivity index (χ2n) is 4.86. The standard InChI is InChI=1S/C16H15F2NO4S/c1-2-23-16(20)9-11-3-6-13(7-4-11)19-24(21,22)15-8-5-12(17)10-14(15)18/h3-8,10,19H,2,9H2,1H3. The van der Waals surface area contributed by atoms with E-state index in [1.54, 1.807) is 19.1 Å². The Hall–Kier alpha value is -2.48. The number of carbonyl (C=O) groups excluding carboxylic acids is 1. The van der Waals surface area contributed by atoms with Crippen LogP contribution in [0.1, 0.15) is 12.5 Å². The van der Waals surface area contributed by atoms with Crippen molar-refractivity contribution in [3.05, 3.63) is 59.7 Å². The first-order valence-corrected chi connectivity index (χ1v) is 8.52. The Morgan fingerprint density at radius 1 is 1.12 bits per heavy atom. The van der Waals surface area contributed by atoms with Crippen molar-refractivity contribution < 1.29 is 26.7 Å². The summed E-state index contributed by atoms with van der Waals surface area (Å²) in [5.74, 6) is -2.43. The molecule has 2 aromatic rings. The third-order valence-corrected chi connectivity index (χ3v) is 4.46. The smallest absolute Gasteiger partial charge is 0.310 e. The maximum absolute atomic E-state index is 13.6. The first kappa shape index (κ1) is 17.9. The van der Waals surface area contributed by atoms with Crippen LogP contribution in [-0.2, 0) is 26.0 Å². The van der Waals surface area contributed by atoms with Crippen molar-refractivity contribution in [1.82, 2.24) is 0 Å². The summed E-state index contributed by atoms with van der Waals surface area (Å²) in [5.41, 5.74) is 0.829. The van der Waals surface area contributed by atoms with Gasteiger partial charge in [0, 0.05) is 11.8 Å². The number of ether oxygens (including phenoxy) is 1. The minimum absolute atomic E-state index is 0.0630. The highest BCUT2D eigenvalue weighted by Crippen LogP contribution is 2.20. The Kier molecular flexibility index (Phi) is 5.50. The molecule has 0 saturated heterocycles. The summed E-state index contributed by atoms with van der Waals surface area (Å²) in [6.45, 7) is 1.98. The van der Waals surface area contributed by atoms with Crippen LogP contribution in [0.4, 0.5) is 14.5 Å². The van der Waals surface area contributed by atoms with Crippen LogP contribution in [-0.4, -0.2) is 21.0 Å². The molecule has 0 bridgehead atoms. The fourth-order valence-electron chi connectivity index (χ4n) is 1.97. The van der Waals surface area contributed by atoms with Crippen molar-refractivity contribution in [3.63, 3.8) is 0 Å². The molecule has 5 nitrogen and oxygen atoms in total. The lowest BCUT2D eigenvalue weighted by Gasteiger charge is -2.09. The van der Waals surface area contributed by atoms with E-state index in [4.69, 9.17) is 4.74 Å². The zero-order chi connectivity index (χ0) is 17.7. The lowest BCUT2D eigenvalue weighted by molar-refractivity contribution is -0.142. The van der Waals surface area contributed by atoms with Crippen LogP contribution in [0.2, 0.25) is 0 Å². The third kappa shape index (κ3) is 4.51. The van der Waals surface area contributed by atoms with Gasteiger partial charge >= 0.3 is 5.97 Å². The van der Waals surface area contributed by atoms with Crippen LogP contribution in [0, 0.1) is 11.6 Å². The summed E-state index contributed by atoms with van der Waals surface area (Å²) in [6, 6.07) is 8.19. The van der Waals surface area contributed by atoms with Gasteiger partial charge in [-0.2, -0.15) is 0 Å². The molecule has 128 valence electrons. The van der Waals surface area contributed by atoms with Gasteiger partial charge in [0.25, 0.3) is 10.0 Å². The lowest BCUT2D eigenvalue weighted by atomic mass is 10.1. The fraction of sp³-hybridized carbons (Fsp3) is 0.188. The molecule has 0 amide bonds. The highest BCUT2D eigenvalue weighted by molar-refractivity contribution is 7.92. The molecule has 8 heteroatoms. The zero-order valence-corrected chi connectivity index (χ0v) is 13.6. The van der Waals surface area contributed by atoms with Crippen molar-refractivity contribution in [3.8, 4) is 0 Å². The van der Waals surface area contributed by atoms with E-state index in [1.807, 2.05) is 0 Å². The number of rotatable bonds is 6. The average Bonchev–Trinajstić information content (AvgIpc) is 2.48. The average molecular weight is 355 g/mol. The number of esters is 1. The van der Waals surface area contributed by atoms with Crippen LogP contribution in [0.5, 0.6) is 0 Å². The van der Waals surface area contributed by atoms with Crippen LogP contribution in [0.15, 0.2) is 47.4 Å². The molecule has 0 aromatic heterocycles. The molecule has 0 aliphatic carbocycles. The van der Waals surface area contributed by atoms with Gasteiger partial charge in [0.1, 0.15) is 16.5 Å². The topological polar surface area (TPSA) is 72.5 Å². The minimum Gasteiger partial charge on any atom is -0.466 e. The van der Waals surface area contributed by atoms with Gasteiger partial charge < -0.3 is 4.74 Å². The van der Waals surface area contributed by atoms with E-state index in [2.05, 4.69) is 4.72 Å². The third-order valence-electron chi connectivity index (χ3n) is 3.04. The van der Waals surface area contributed by atoms with Crippen LogP contribution < -0.4 is 4.72 Å². The number of hydrogen-bond acceptors (Lipinski definition) is 4. The monoisotopic (exact) mass is 355 g/mol. The molecule has 0 radical (unpaired) electrons. The Balaban J connectivity index is 2.14. The maximum atomic E-state index is 13.6. The van der Waals surface area contributed by atoms with Crippen molar-refractivity contribution in [2.24, 2.45) is 0 Å². The molecular formula is C16H15F2NO4S. The molecule has 0 unspecified atom stereocenters. The highest BCUT2D eigenvalue weighted by Gasteiger charge is 2.19. The van der Waals surface area contributed by atoms with Crippen LogP contribution >= 0.6 is 0 Å². The lowest BCUT2D eigenvalue weighted by Crippen LogP contribution is -2.15. The summed E-state index contributed by atoms with van der Waals surface area (Å²) in [7, 11) is -4.19. The zero-order valence-electron chi connectivity index (χ0n) is 12.8. The van der Waals surface area contributed by atoms with E-state index in [-0.39, 0.29) is 24.7 Å². The second kappa shape index (κ2) is 7.39. The SMILES string of the molecule is CCOC(=O)Cc1ccc(NS(=O)(=O)c2ccc(F)cc2F)cc1. The second-order valence-corrected chi connectivity index (χ2v) is 6.51. The Labute approximate surface area is 138 Å². The largest absolute Gasteiger partial charge is 0.466 e. The highest BCUT2D eigenvalue weighted by atomic mass is 32.2. The molecule has 2 rings (SSSR count). The van der Waals surface area contributed by atoms with E-state index in [0.717, 1.165) is 12.1 Å². The molecular weight excluding hydrogens is 340 g/mol. The maximum Gasteiger partial charge on any atom is 0.310 e. The number of hydrogen-bond donors (Lipinski definition) is 1. The summed E-state index contributed by atoms with van der Waals surface area (Å²) in [6.07, 6.45) is 0.0630. The fourth-order valence-corrected chi connectivity index (χ4v) is 3.09. The Morgan fingerprint density at radius 2 is 1.79 bits per heavy atom. The Morgan fingerprint density at radius 3 is 2.38 bits per heavy atom. The van der Waals surface area contributed by atoms with E-state index in [0.29, 0.717) is 11.6 Å². The van der Waals surface area contributed by atoms with E-state index in [9.17, 15) is 22.0 Å². The molecule has 2 aromatic carbocycles. The molecule has 0 aliphatic heterocycles. The molecule has 0 heterocycles. The predicted molar refractivity (Wildman–Crippen MR) is 83.9 cm³/mol.